The van der Waals surface area contributed by atoms with Crippen LogP contribution in [0.3, 0.4) is 0 Å². The SMILES string of the molecule is Cc1cc(C(=O)Nc2ccccc2Oc2ccccc2Cl)cc(S(N)(=O)=O)c1C. The molecular weight excluding hydrogens is 412 g/mol. The van der Waals surface area contributed by atoms with Gasteiger partial charge in [-0.15, -0.1) is 0 Å². The highest BCUT2D eigenvalue weighted by Crippen LogP contribution is 2.33. The Kier molecular flexibility index (Phi) is 5.93. The molecular formula is C21H19ClN2O4S. The lowest BCUT2D eigenvalue weighted by Crippen LogP contribution is -2.18. The minimum atomic E-state index is -3.96. The number of aryl methyl sites for hydroxylation is 1. The maximum Gasteiger partial charge on any atom is 0.255 e. The Morgan fingerprint density at radius 3 is 2.28 bits per heavy atom. The van der Waals surface area contributed by atoms with Crippen LogP contribution in [0.25, 0.3) is 0 Å². The van der Waals surface area contributed by atoms with Gasteiger partial charge < -0.3 is 10.1 Å². The molecule has 0 aliphatic rings. The van der Waals surface area contributed by atoms with Gasteiger partial charge in [0.1, 0.15) is 5.75 Å². The third-order valence-corrected chi connectivity index (χ3v) is 5.73. The average molecular weight is 431 g/mol. The molecule has 0 unspecified atom stereocenters. The normalized spacial score (nSPS) is 11.2. The standard InChI is InChI=1S/C21H19ClN2O4S/c1-13-11-15(12-20(14(13)2)29(23,26)27)21(25)24-17-8-4-6-10-19(17)28-18-9-5-3-7-16(18)22/h3-12H,1-2H3,(H,24,25)(H2,23,26,27). The van der Waals surface area contributed by atoms with Crippen molar-refractivity contribution >= 4 is 33.2 Å². The summed E-state index contributed by atoms with van der Waals surface area (Å²) in [6.45, 7) is 3.36. The van der Waals surface area contributed by atoms with Crippen LogP contribution in [0.2, 0.25) is 5.02 Å². The topological polar surface area (TPSA) is 98.5 Å². The number of rotatable bonds is 5. The van der Waals surface area contributed by atoms with Crippen molar-refractivity contribution in [2.45, 2.75) is 18.7 Å². The zero-order chi connectivity index (χ0) is 21.2. The van der Waals surface area contributed by atoms with Crippen molar-refractivity contribution in [2.24, 2.45) is 5.14 Å². The van der Waals surface area contributed by atoms with Gasteiger partial charge in [-0.25, -0.2) is 13.6 Å². The van der Waals surface area contributed by atoms with Crippen LogP contribution >= 0.6 is 11.6 Å². The average Bonchev–Trinajstić information content (AvgIpc) is 2.66. The van der Waals surface area contributed by atoms with Crippen LogP contribution in [0.4, 0.5) is 5.69 Å². The summed E-state index contributed by atoms with van der Waals surface area (Å²) in [5.41, 5.74) is 1.73. The van der Waals surface area contributed by atoms with E-state index in [-0.39, 0.29) is 10.5 Å². The largest absolute Gasteiger partial charge is 0.454 e. The number of sulfonamides is 1. The fourth-order valence-corrected chi connectivity index (χ4v) is 3.81. The zero-order valence-corrected chi connectivity index (χ0v) is 17.3. The van der Waals surface area contributed by atoms with Crippen molar-refractivity contribution in [3.63, 3.8) is 0 Å². The molecule has 0 radical (unpaired) electrons. The van der Waals surface area contributed by atoms with Gasteiger partial charge in [-0.1, -0.05) is 35.9 Å². The number of ether oxygens (including phenoxy) is 1. The zero-order valence-electron chi connectivity index (χ0n) is 15.8. The predicted molar refractivity (Wildman–Crippen MR) is 113 cm³/mol. The summed E-state index contributed by atoms with van der Waals surface area (Å²) in [6.07, 6.45) is 0. The van der Waals surface area contributed by atoms with Crippen LogP contribution in [0.1, 0.15) is 21.5 Å². The molecule has 0 aromatic heterocycles. The fourth-order valence-electron chi connectivity index (χ4n) is 2.75. The number of amides is 1. The smallest absolute Gasteiger partial charge is 0.255 e. The van der Waals surface area contributed by atoms with Crippen LogP contribution in [0.15, 0.2) is 65.6 Å². The molecule has 0 aliphatic heterocycles. The fraction of sp³-hybridized carbons (Fsp3) is 0.0952. The molecule has 6 nitrogen and oxygen atoms in total. The first kappa shape index (κ1) is 20.9. The predicted octanol–water partition coefficient (Wildman–Crippen LogP) is 4.65. The number of hydrogen-bond acceptors (Lipinski definition) is 4. The lowest BCUT2D eigenvalue weighted by molar-refractivity contribution is 0.102. The van der Waals surface area contributed by atoms with Crippen molar-refractivity contribution < 1.29 is 17.9 Å². The molecule has 0 fully saturated rings. The summed E-state index contributed by atoms with van der Waals surface area (Å²) in [5, 5.41) is 8.46. The molecule has 0 atom stereocenters. The molecule has 3 aromatic rings. The van der Waals surface area contributed by atoms with Crippen LogP contribution in [-0.4, -0.2) is 14.3 Å². The number of primary sulfonamides is 1. The number of nitrogens with two attached hydrogens (primary N) is 1. The third kappa shape index (κ3) is 4.76. The number of anilines is 1. The summed E-state index contributed by atoms with van der Waals surface area (Å²) >= 11 is 6.14. The van der Waals surface area contributed by atoms with E-state index in [1.165, 1.54) is 6.07 Å². The van der Waals surface area contributed by atoms with Crippen molar-refractivity contribution in [1.29, 1.82) is 0 Å². The first-order chi connectivity index (χ1) is 13.7. The molecule has 29 heavy (non-hydrogen) atoms. The maximum absolute atomic E-state index is 12.8. The van der Waals surface area contributed by atoms with Gasteiger partial charge in [0.2, 0.25) is 10.0 Å². The summed E-state index contributed by atoms with van der Waals surface area (Å²) in [5.74, 6) is 0.344. The Morgan fingerprint density at radius 2 is 1.62 bits per heavy atom. The van der Waals surface area contributed by atoms with Crippen LogP contribution < -0.4 is 15.2 Å². The van der Waals surface area contributed by atoms with Gasteiger partial charge in [-0.05, 0) is 61.4 Å². The molecule has 3 N–H and O–H groups in total. The Labute approximate surface area is 174 Å². The first-order valence-corrected chi connectivity index (χ1v) is 10.6. The minimum Gasteiger partial charge on any atom is -0.454 e. The van der Waals surface area contributed by atoms with Crippen LogP contribution in [0.5, 0.6) is 11.5 Å². The van der Waals surface area contributed by atoms with Gasteiger partial charge >= 0.3 is 0 Å². The Hall–Kier alpha value is -2.87. The molecule has 1 amide bonds. The molecule has 8 heteroatoms. The summed E-state index contributed by atoms with van der Waals surface area (Å²) in [7, 11) is -3.96. The summed E-state index contributed by atoms with van der Waals surface area (Å²) in [4.78, 5) is 12.7. The Balaban J connectivity index is 1.93. The number of nitrogens with one attached hydrogen (secondary N) is 1. The van der Waals surface area contributed by atoms with Gasteiger partial charge in [0.25, 0.3) is 5.91 Å². The van der Waals surface area contributed by atoms with Crippen molar-refractivity contribution in [3.05, 3.63) is 82.4 Å². The molecule has 3 aromatic carbocycles. The molecule has 0 spiro atoms. The summed E-state index contributed by atoms with van der Waals surface area (Å²) < 4.78 is 29.5. The van der Waals surface area contributed by atoms with Crippen molar-refractivity contribution in [1.82, 2.24) is 0 Å². The first-order valence-electron chi connectivity index (χ1n) is 8.63. The third-order valence-electron chi connectivity index (χ3n) is 4.38. The van der Waals surface area contributed by atoms with Gasteiger partial charge in [-0.3, -0.25) is 4.79 Å². The van der Waals surface area contributed by atoms with E-state index in [1.54, 1.807) is 68.4 Å². The van der Waals surface area contributed by atoms with E-state index in [1.807, 2.05) is 0 Å². The number of benzene rings is 3. The molecule has 150 valence electrons. The van der Waals surface area contributed by atoms with E-state index in [0.29, 0.717) is 33.3 Å². The molecule has 3 rings (SSSR count). The van der Waals surface area contributed by atoms with Gasteiger partial charge in [0, 0.05) is 5.56 Å². The maximum atomic E-state index is 12.8. The van der Waals surface area contributed by atoms with E-state index < -0.39 is 15.9 Å². The number of halogens is 1. The van der Waals surface area contributed by atoms with Crippen molar-refractivity contribution in [2.75, 3.05) is 5.32 Å². The highest BCUT2D eigenvalue weighted by molar-refractivity contribution is 7.89. The second-order valence-corrected chi connectivity index (χ2v) is 8.38. The monoisotopic (exact) mass is 430 g/mol. The van der Waals surface area contributed by atoms with Crippen molar-refractivity contribution in [3.8, 4) is 11.5 Å². The van der Waals surface area contributed by atoms with E-state index in [0.717, 1.165) is 0 Å². The number of carbonyl (C=O) groups excluding carboxylic acids is 1. The van der Waals surface area contributed by atoms with E-state index in [2.05, 4.69) is 5.32 Å². The molecule has 0 bridgehead atoms. The van der Waals surface area contributed by atoms with Gasteiger partial charge in [0.05, 0.1) is 15.6 Å². The Morgan fingerprint density at radius 1 is 1.00 bits per heavy atom. The molecule has 0 heterocycles. The van der Waals surface area contributed by atoms with Crippen LogP contribution in [0, 0.1) is 13.8 Å². The quantitative estimate of drug-likeness (QED) is 0.615. The second-order valence-electron chi connectivity index (χ2n) is 6.44. The number of carbonyl (C=O) groups is 1. The Bertz CT molecular complexity index is 1190. The van der Waals surface area contributed by atoms with Crippen LogP contribution in [-0.2, 0) is 10.0 Å². The number of hydrogen-bond donors (Lipinski definition) is 2. The summed E-state index contributed by atoms with van der Waals surface area (Å²) in [6, 6.07) is 16.7. The van der Waals surface area contributed by atoms with Gasteiger partial charge in [0.15, 0.2) is 5.75 Å². The van der Waals surface area contributed by atoms with E-state index in [9.17, 15) is 13.2 Å². The van der Waals surface area contributed by atoms with E-state index in [4.69, 9.17) is 21.5 Å². The lowest BCUT2D eigenvalue weighted by Gasteiger charge is -2.14. The van der Waals surface area contributed by atoms with Gasteiger partial charge in [-0.2, -0.15) is 0 Å². The highest BCUT2D eigenvalue weighted by Gasteiger charge is 2.18. The highest BCUT2D eigenvalue weighted by atomic mass is 35.5. The molecule has 0 saturated heterocycles. The molecule has 0 aliphatic carbocycles. The lowest BCUT2D eigenvalue weighted by atomic mass is 10.1. The molecule has 0 saturated carbocycles. The minimum absolute atomic E-state index is 0.0803. The number of para-hydroxylation sites is 3. The second kappa shape index (κ2) is 8.24. The van der Waals surface area contributed by atoms with E-state index >= 15 is 0 Å².